The zero-order valence-corrected chi connectivity index (χ0v) is 10.2. The molecule has 1 saturated heterocycles. The number of nitrogens with zero attached hydrogens (tertiary/aromatic N) is 2. The maximum absolute atomic E-state index is 12.1. The van der Waals surface area contributed by atoms with Crippen LogP contribution in [0, 0.1) is 17.2 Å². The molecule has 1 amide bonds. The van der Waals surface area contributed by atoms with Gasteiger partial charge < -0.3 is 10.2 Å². The summed E-state index contributed by atoms with van der Waals surface area (Å²) in [7, 11) is 0. The van der Waals surface area contributed by atoms with Crippen molar-refractivity contribution < 1.29 is 4.79 Å². The molecule has 16 heavy (non-hydrogen) atoms. The molecule has 1 heterocycles. The lowest BCUT2D eigenvalue weighted by molar-refractivity contribution is -0.133. The minimum absolute atomic E-state index is 0.0163. The second kappa shape index (κ2) is 6.49. The van der Waals surface area contributed by atoms with E-state index < -0.39 is 0 Å². The first-order valence-corrected chi connectivity index (χ1v) is 6.04. The standard InChI is InChI=1S/C12H21N3O/c1-10(2)9-15(8-4-6-13)12(16)11-5-3-7-14-11/h10-11,14H,3-5,7-9H2,1-2H3/t11-/m1/s1. The van der Waals surface area contributed by atoms with E-state index >= 15 is 0 Å². The van der Waals surface area contributed by atoms with Gasteiger partial charge in [-0.05, 0) is 25.3 Å². The highest BCUT2D eigenvalue weighted by molar-refractivity contribution is 5.82. The molecule has 1 aliphatic rings. The first kappa shape index (κ1) is 13.0. The fraction of sp³-hybridized carbons (Fsp3) is 0.833. The van der Waals surface area contributed by atoms with Crippen LogP contribution in [0.1, 0.15) is 33.1 Å². The summed E-state index contributed by atoms with van der Waals surface area (Å²) in [5.41, 5.74) is 0. The van der Waals surface area contributed by atoms with Gasteiger partial charge in [-0.1, -0.05) is 13.8 Å². The Hall–Kier alpha value is -1.08. The maximum atomic E-state index is 12.1. The van der Waals surface area contributed by atoms with Crippen LogP contribution in [0.15, 0.2) is 0 Å². The van der Waals surface area contributed by atoms with Crippen molar-refractivity contribution in [2.24, 2.45) is 5.92 Å². The highest BCUT2D eigenvalue weighted by atomic mass is 16.2. The van der Waals surface area contributed by atoms with Gasteiger partial charge in [0.05, 0.1) is 18.5 Å². The Morgan fingerprint density at radius 3 is 2.88 bits per heavy atom. The van der Waals surface area contributed by atoms with Crippen LogP contribution in [0.2, 0.25) is 0 Å². The van der Waals surface area contributed by atoms with E-state index in [1.807, 2.05) is 4.90 Å². The normalized spacial score (nSPS) is 19.8. The Morgan fingerprint density at radius 1 is 1.62 bits per heavy atom. The van der Waals surface area contributed by atoms with Crippen molar-refractivity contribution in [3.05, 3.63) is 0 Å². The van der Waals surface area contributed by atoms with Crippen molar-refractivity contribution in [2.75, 3.05) is 19.6 Å². The van der Waals surface area contributed by atoms with E-state index in [1.165, 1.54) is 0 Å². The highest BCUT2D eigenvalue weighted by Gasteiger charge is 2.26. The Balaban J connectivity index is 2.52. The summed E-state index contributed by atoms with van der Waals surface area (Å²) >= 11 is 0. The molecule has 0 aromatic rings. The van der Waals surface area contributed by atoms with Gasteiger partial charge in [-0.2, -0.15) is 5.26 Å². The molecule has 4 heteroatoms. The molecule has 1 N–H and O–H groups in total. The van der Waals surface area contributed by atoms with Gasteiger partial charge in [-0.15, -0.1) is 0 Å². The molecule has 1 atom stereocenters. The molecule has 0 bridgehead atoms. The molecular formula is C12H21N3O. The van der Waals surface area contributed by atoms with E-state index in [0.29, 0.717) is 18.9 Å². The topological polar surface area (TPSA) is 56.1 Å². The zero-order valence-electron chi connectivity index (χ0n) is 10.2. The van der Waals surface area contributed by atoms with Gasteiger partial charge in [0.1, 0.15) is 0 Å². The molecule has 0 unspecified atom stereocenters. The van der Waals surface area contributed by atoms with Crippen molar-refractivity contribution in [3.63, 3.8) is 0 Å². The van der Waals surface area contributed by atoms with Gasteiger partial charge in [0, 0.05) is 13.1 Å². The van der Waals surface area contributed by atoms with Crippen LogP contribution in [0.25, 0.3) is 0 Å². The number of carbonyl (C=O) groups is 1. The third-order valence-electron chi connectivity index (χ3n) is 2.75. The molecule has 0 aromatic carbocycles. The predicted molar refractivity (Wildman–Crippen MR) is 62.7 cm³/mol. The summed E-state index contributed by atoms with van der Waals surface area (Å²) in [4.78, 5) is 14.0. The van der Waals surface area contributed by atoms with Crippen molar-refractivity contribution in [3.8, 4) is 6.07 Å². The van der Waals surface area contributed by atoms with Crippen LogP contribution in [-0.4, -0.2) is 36.5 Å². The predicted octanol–water partition coefficient (Wildman–Crippen LogP) is 1.14. The molecule has 0 aromatic heterocycles. The summed E-state index contributed by atoms with van der Waals surface area (Å²) in [5.74, 6) is 0.616. The highest BCUT2D eigenvalue weighted by Crippen LogP contribution is 2.10. The van der Waals surface area contributed by atoms with Crippen LogP contribution in [0.5, 0.6) is 0 Å². The Bertz CT molecular complexity index is 264. The van der Waals surface area contributed by atoms with Crippen LogP contribution in [0.4, 0.5) is 0 Å². The first-order chi connectivity index (χ1) is 7.65. The number of amides is 1. The second-order valence-corrected chi connectivity index (χ2v) is 4.74. The van der Waals surface area contributed by atoms with Gasteiger partial charge in [0.2, 0.25) is 5.91 Å². The average molecular weight is 223 g/mol. The van der Waals surface area contributed by atoms with E-state index in [9.17, 15) is 4.79 Å². The third kappa shape index (κ3) is 3.82. The van der Waals surface area contributed by atoms with E-state index in [2.05, 4.69) is 25.2 Å². The summed E-state index contributed by atoms with van der Waals surface area (Å²) in [6.07, 6.45) is 2.43. The smallest absolute Gasteiger partial charge is 0.239 e. The number of hydrogen-bond donors (Lipinski definition) is 1. The lowest BCUT2D eigenvalue weighted by atomic mass is 10.1. The molecule has 0 radical (unpaired) electrons. The summed E-state index contributed by atoms with van der Waals surface area (Å²) in [5, 5.41) is 11.8. The number of rotatable bonds is 5. The SMILES string of the molecule is CC(C)CN(CCC#N)C(=O)[C@H]1CCCN1. The maximum Gasteiger partial charge on any atom is 0.239 e. The number of hydrogen-bond acceptors (Lipinski definition) is 3. The van der Waals surface area contributed by atoms with E-state index in [0.717, 1.165) is 25.9 Å². The molecule has 4 nitrogen and oxygen atoms in total. The summed E-state index contributed by atoms with van der Waals surface area (Å²) in [6.45, 7) is 6.43. The largest absolute Gasteiger partial charge is 0.340 e. The van der Waals surface area contributed by atoms with Crippen LogP contribution in [0.3, 0.4) is 0 Å². The van der Waals surface area contributed by atoms with Gasteiger partial charge in [0.25, 0.3) is 0 Å². The number of nitriles is 1. The molecule has 90 valence electrons. The first-order valence-electron chi connectivity index (χ1n) is 6.04. The molecule has 0 aliphatic carbocycles. The summed E-state index contributed by atoms with van der Waals surface area (Å²) < 4.78 is 0. The number of carbonyl (C=O) groups excluding carboxylic acids is 1. The van der Waals surface area contributed by atoms with E-state index in [4.69, 9.17) is 5.26 Å². The third-order valence-corrected chi connectivity index (χ3v) is 2.75. The van der Waals surface area contributed by atoms with Gasteiger partial charge in [-0.3, -0.25) is 4.79 Å². The lowest BCUT2D eigenvalue weighted by Gasteiger charge is -2.26. The monoisotopic (exact) mass is 223 g/mol. The lowest BCUT2D eigenvalue weighted by Crippen LogP contribution is -2.45. The van der Waals surface area contributed by atoms with Crippen molar-refractivity contribution in [2.45, 2.75) is 39.2 Å². The molecule has 1 aliphatic heterocycles. The van der Waals surface area contributed by atoms with Gasteiger partial charge in [0.15, 0.2) is 0 Å². The zero-order chi connectivity index (χ0) is 12.0. The Morgan fingerprint density at radius 2 is 2.38 bits per heavy atom. The van der Waals surface area contributed by atoms with Crippen LogP contribution in [-0.2, 0) is 4.79 Å². The fourth-order valence-corrected chi connectivity index (χ4v) is 2.03. The minimum atomic E-state index is -0.0163. The van der Waals surface area contributed by atoms with Gasteiger partial charge >= 0.3 is 0 Å². The molecular weight excluding hydrogens is 202 g/mol. The van der Waals surface area contributed by atoms with Gasteiger partial charge in [-0.25, -0.2) is 0 Å². The van der Waals surface area contributed by atoms with E-state index in [-0.39, 0.29) is 11.9 Å². The van der Waals surface area contributed by atoms with Crippen LogP contribution >= 0.6 is 0 Å². The summed E-state index contributed by atoms with van der Waals surface area (Å²) in [6, 6.07) is 2.09. The Labute approximate surface area is 97.6 Å². The average Bonchev–Trinajstić information content (AvgIpc) is 2.76. The second-order valence-electron chi connectivity index (χ2n) is 4.74. The minimum Gasteiger partial charge on any atom is -0.340 e. The van der Waals surface area contributed by atoms with Crippen molar-refractivity contribution in [1.82, 2.24) is 10.2 Å². The quantitative estimate of drug-likeness (QED) is 0.760. The van der Waals surface area contributed by atoms with Crippen molar-refractivity contribution >= 4 is 5.91 Å². The van der Waals surface area contributed by atoms with Crippen LogP contribution < -0.4 is 5.32 Å². The fourth-order valence-electron chi connectivity index (χ4n) is 2.03. The molecule has 0 spiro atoms. The molecule has 1 rings (SSSR count). The van der Waals surface area contributed by atoms with E-state index in [1.54, 1.807) is 0 Å². The number of nitrogens with one attached hydrogen (secondary N) is 1. The molecule has 0 saturated carbocycles. The Kier molecular flexibility index (Phi) is 5.27. The molecule has 1 fully saturated rings. The van der Waals surface area contributed by atoms with Crippen molar-refractivity contribution in [1.29, 1.82) is 5.26 Å².